The second kappa shape index (κ2) is 5.19. The third-order valence-corrected chi connectivity index (χ3v) is 3.12. The van der Waals surface area contributed by atoms with Gasteiger partial charge < -0.3 is 0 Å². The summed E-state index contributed by atoms with van der Waals surface area (Å²) in [7, 11) is 0. The summed E-state index contributed by atoms with van der Waals surface area (Å²) in [4.78, 5) is 0. The number of fused-ring (bicyclic) bond motifs is 1. The Hall–Kier alpha value is -0.780. The van der Waals surface area contributed by atoms with Crippen molar-refractivity contribution in [3.05, 3.63) is 35.4 Å². The molecule has 0 bridgehead atoms. The Bertz CT molecular complexity index is 275. The molecule has 0 amide bonds. The Morgan fingerprint density at radius 3 is 2.50 bits per heavy atom. The van der Waals surface area contributed by atoms with Gasteiger partial charge in [-0.1, -0.05) is 52.0 Å². The number of benzene rings is 1. The average molecular weight is 190 g/mol. The largest absolute Gasteiger partial charge is 0.0683 e. The van der Waals surface area contributed by atoms with Gasteiger partial charge in [0.2, 0.25) is 0 Å². The van der Waals surface area contributed by atoms with Gasteiger partial charge in [0.1, 0.15) is 0 Å². The van der Waals surface area contributed by atoms with Gasteiger partial charge in [-0.05, 0) is 35.8 Å². The van der Waals surface area contributed by atoms with Crippen molar-refractivity contribution in [2.24, 2.45) is 5.92 Å². The normalized spacial score (nSPS) is 23.7. The lowest BCUT2D eigenvalue weighted by atomic mass is 9.92. The third kappa shape index (κ3) is 2.00. The molecular weight excluding hydrogens is 168 g/mol. The van der Waals surface area contributed by atoms with Crippen molar-refractivity contribution < 1.29 is 0 Å². The average Bonchev–Trinajstić information content (AvgIpc) is 2.56. The molecule has 0 heteroatoms. The summed E-state index contributed by atoms with van der Waals surface area (Å²) < 4.78 is 0. The highest BCUT2D eigenvalue weighted by atomic mass is 14.3. The van der Waals surface area contributed by atoms with Crippen LogP contribution in [-0.2, 0) is 6.42 Å². The molecule has 1 aliphatic rings. The van der Waals surface area contributed by atoms with Gasteiger partial charge in [0.05, 0.1) is 0 Å². The molecule has 14 heavy (non-hydrogen) atoms. The summed E-state index contributed by atoms with van der Waals surface area (Å²) in [5.41, 5.74) is 3.18. The third-order valence-electron chi connectivity index (χ3n) is 3.12. The molecule has 0 saturated carbocycles. The Labute approximate surface area is 88.4 Å². The van der Waals surface area contributed by atoms with E-state index in [0.717, 1.165) is 11.8 Å². The Morgan fingerprint density at radius 2 is 1.86 bits per heavy atom. The molecule has 0 heterocycles. The van der Waals surface area contributed by atoms with Crippen LogP contribution in [-0.4, -0.2) is 0 Å². The molecule has 0 aromatic heterocycles. The smallest absolute Gasteiger partial charge is 0.0133 e. The van der Waals surface area contributed by atoms with E-state index < -0.39 is 0 Å². The zero-order valence-electron chi connectivity index (χ0n) is 9.88. The highest BCUT2D eigenvalue weighted by Gasteiger charge is 2.26. The van der Waals surface area contributed by atoms with E-state index in [2.05, 4.69) is 38.1 Å². The summed E-state index contributed by atoms with van der Waals surface area (Å²) in [6.45, 7) is 8.66. The quantitative estimate of drug-likeness (QED) is 0.615. The maximum absolute atomic E-state index is 2.37. The molecule has 0 spiro atoms. The molecule has 0 nitrogen and oxygen atoms in total. The Balaban J connectivity index is 0.000000461. The van der Waals surface area contributed by atoms with Gasteiger partial charge in [0, 0.05) is 0 Å². The fourth-order valence-corrected chi connectivity index (χ4v) is 2.50. The van der Waals surface area contributed by atoms with Gasteiger partial charge in [-0.2, -0.15) is 0 Å². The summed E-state index contributed by atoms with van der Waals surface area (Å²) in [6.07, 6.45) is 2.58. The van der Waals surface area contributed by atoms with Crippen LogP contribution in [0.15, 0.2) is 24.3 Å². The van der Waals surface area contributed by atoms with Crippen LogP contribution in [0.4, 0.5) is 0 Å². The van der Waals surface area contributed by atoms with Crippen LogP contribution in [0.25, 0.3) is 0 Å². The van der Waals surface area contributed by atoms with Gasteiger partial charge in [0.15, 0.2) is 0 Å². The maximum atomic E-state index is 2.37. The molecule has 0 aliphatic heterocycles. The van der Waals surface area contributed by atoms with Crippen LogP contribution in [0.2, 0.25) is 0 Å². The minimum atomic E-state index is 0.821. The van der Waals surface area contributed by atoms with Gasteiger partial charge in [-0.3, -0.25) is 0 Å². The van der Waals surface area contributed by atoms with E-state index in [0.29, 0.717) is 0 Å². The molecule has 2 rings (SSSR count). The SMILES string of the molecule is CC.CCC1c2ccccc2CC1C. The van der Waals surface area contributed by atoms with Gasteiger partial charge in [0.25, 0.3) is 0 Å². The predicted molar refractivity (Wildman–Crippen MR) is 63.7 cm³/mol. The molecule has 0 N–H and O–H groups in total. The van der Waals surface area contributed by atoms with Gasteiger partial charge in [-0.15, -0.1) is 0 Å². The van der Waals surface area contributed by atoms with Crippen molar-refractivity contribution in [1.29, 1.82) is 0 Å². The maximum Gasteiger partial charge on any atom is -0.0133 e. The van der Waals surface area contributed by atoms with E-state index in [-0.39, 0.29) is 0 Å². The minimum absolute atomic E-state index is 0.821. The monoisotopic (exact) mass is 190 g/mol. The number of hydrogen-bond acceptors (Lipinski definition) is 0. The highest BCUT2D eigenvalue weighted by Crippen LogP contribution is 2.39. The van der Waals surface area contributed by atoms with Crippen LogP contribution in [0, 0.1) is 5.92 Å². The van der Waals surface area contributed by atoms with E-state index in [9.17, 15) is 0 Å². The van der Waals surface area contributed by atoms with Crippen molar-refractivity contribution in [2.75, 3.05) is 0 Å². The second-order valence-electron chi connectivity index (χ2n) is 3.89. The predicted octanol–water partition coefficient (Wildman–Crippen LogP) is 4.40. The molecule has 1 aromatic rings. The topological polar surface area (TPSA) is 0 Å². The fraction of sp³-hybridized carbons (Fsp3) is 0.571. The molecule has 1 aromatic carbocycles. The summed E-state index contributed by atoms with van der Waals surface area (Å²) in [5.74, 6) is 1.67. The second-order valence-corrected chi connectivity index (χ2v) is 3.89. The molecule has 1 aliphatic carbocycles. The van der Waals surface area contributed by atoms with Crippen LogP contribution < -0.4 is 0 Å². The number of rotatable bonds is 1. The summed E-state index contributed by atoms with van der Waals surface area (Å²) in [5, 5.41) is 0. The Morgan fingerprint density at radius 1 is 1.21 bits per heavy atom. The highest BCUT2D eigenvalue weighted by molar-refractivity contribution is 5.35. The van der Waals surface area contributed by atoms with Crippen molar-refractivity contribution in [3.63, 3.8) is 0 Å². The van der Waals surface area contributed by atoms with E-state index in [1.807, 2.05) is 13.8 Å². The lowest BCUT2D eigenvalue weighted by Crippen LogP contribution is -2.01. The van der Waals surface area contributed by atoms with Crippen LogP contribution in [0.5, 0.6) is 0 Å². The van der Waals surface area contributed by atoms with Crippen molar-refractivity contribution in [2.45, 2.75) is 46.5 Å². The van der Waals surface area contributed by atoms with E-state index in [1.54, 1.807) is 11.1 Å². The van der Waals surface area contributed by atoms with Crippen molar-refractivity contribution in [1.82, 2.24) is 0 Å². The summed E-state index contributed by atoms with van der Waals surface area (Å²) in [6, 6.07) is 8.90. The molecule has 78 valence electrons. The lowest BCUT2D eigenvalue weighted by molar-refractivity contribution is 0.486. The minimum Gasteiger partial charge on any atom is -0.0683 e. The first-order valence-corrected chi connectivity index (χ1v) is 5.90. The van der Waals surface area contributed by atoms with Crippen LogP contribution in [0.1, 0.15) is 51.2 Å². The number of hydrogen-bond donors (Lipinski definition) is 0. The lowest BCUT2D eigenvalue weighted by Gasteiger charge is -2.13. The first kappa shape index (κ1) is 11.3. The Kier molecular flexibility index (Phi) is 4.19. The van der Waals surface area contributed by atoms with Gasteiger partial charge >= 0.3 is 0 Å². The molecule has 0 fully saturated rings. The van der Waals surface area contributed by atoms with Gasteiger partial charge in [-0.25, -0.2) is 0 Å². The zero-order chi connectivity index (χ0) is 10.6. The molecule has 0 saturated heterocycles. The molecule has 2 unspecified atom stereocenters. The first-order valence-electron chi connectivity index (χ1n) is 5.90. The molecule has 2 atom stereocenters. The van der Waals surface area contributed by atoms with Crippen molar-refractivity contribution in [3.8, 4) is 0 Å². The molecule has 0 radical (unpaired) electrons. The van der Waals surface area contributed by atoms with Crippen LogP contribution in [0.3, 0.4) is 0 Å². The van der Waals surface area contributed by atoms with Crippen molar-refractivity contribution >= 4 is 0 Å². The first-order chi connectivity index (χ1) is 6.83. The van der Waals surface area contributed by atoms with Crippen LogP contribution >= 0.6 is 0 Å². The fourth-order valence-electron chi connectivity index (χ4n) is 2.50. The van der Waals surface area contributed by atoms with E-state index >= 15 is 0 Å². The zero-order valence-corrected chi connectivity index (χ0v) is 9.88. The molecular formula is C14H22. The van der Waals surface area contributed by atoms with E-state index in [4.69, 9.17) is 0 Å². The summed E-state index contributed by atoms with van der Waals surface area (Å²) >= 11 is 0. The standard InChI is InChI=1S/C12H16.C2H6/c1-3-11-9(2)8-10-6-4-5-7-12(10)11;1-2/h4-7,9,11H,3,8H2,1-2H3;1-2H3. The van der Waals surface area contributed by atoms with E-state index in [1.165, 1.54) is 12.8 Å².